The normalized spacial score (nSPS) is 19.4. The van der Waals surface area contributed by atoms with Crippen LogP contribution in [0.4, 0.5) is 11.6 Å². The van der Waals surface area contributed by atoms with E-state index in [0.717, 1.165) is 12.8 Å². The number of hydrogen-bond donors (Lipinski definition) is 4. The van der Waals surface area contributed by atoms with Crippen molar-refractivity contribution in [2.45, 2.75) is 31.2 Å². The monoisotopic (exact) mass is 309 g/mol. The molecule has 1 aliphatic heterocycles. The number of nitrogens with two attached hydrogens (primary N) is 2. The predicted octanol–water partition coefficient (Wildman–Crippen LogP) is 0.296. The van der Waals surface area contributed by atoms with E-state index >= 15 is 0 Å². The zero-order valence-corrected chi connectivity index (χ0v) is 12.1. The first-order valence-electron chi connectivity index (χ1n) is 6.72. The van der Waals surface area contributed by atoms with E-state index in [9.17, 15) is 4.79 Å². The van der Waals surface area contributed by atoms with Crippen LogP contribution in [0.2, 0.25) is 5.15 Å². The molecule has 0 aromatic carbocycles. The van der Waals surface area contributed by atoms with E-state index in [2.05, 4.69) is 25.6 Å². The Balaban J connectivity index is 1.71. The number of nitrogens with one attached hydrogen (secondary N) is 2. The number of anilines is 2. The average molecular weight is 310 g/mol. The van der Waals surface area contributed by atoms with Crippen LogP contribution < -0.4 is 22.1 Å². The number of guanidine groups is 1. The molecule has 1 spiro atoms. The molecule has 2 aliphatic rings. The fourth-order valence-electron chi connectivity index (χ4n) is 2.74. The van der Waals surface area contributed by atoms with E-state index < -0.39 is 5.91 Å². The zero-order valence-electron chi connectivity index (χ0n) is 11.3. The second-order valence-electron chi connectivity index (χ2n) is 5.36. The van der Waals surface area contributed by atoms with Crippen LogP contribution in [-0.2, 0) is 0 Å². The van der Waals surface area contributed by atoms with Crippen molar-refractivity contribution in [2.24, 2.45) is 4.99 Å². The lowest BCUT2D eigenvalue weighted by Gasteiger charge is -2.23. The summed E-state index contributed by atoms with van der Waals surface area (Å²) < 4.78 is 0. The summed E-state index contributed by atoms with van der Waals surface area (Å²) in [6.45, 7) is 0.673. The molecule has 6 N–H and O–H groups in total. The lowest BCUT2D eigenvalue weighted by atomic mass is 9.99. The van der Waals surface area contributed by atoms with Crippen molar-refractivity contribution in [3.05, 3.63) is 10.8 Å². The number of carbonyl (C=O) groups excluding carboxylic acids is 1. The lowest BCUT2D eigenvalue weighted by Crippen LogP contribution is -2.49. The minimum atomic E-state index is -0.511. The van der Waals surface area contributed by atoms with Gasteiger partial charge in [-0.25, -0.2) is 9.97 Å². The molecule has 8 nitrogen and oxygen atoms in total. The lowest BCUT2D eigenvalue weighted by molar-refractivity contribution is 0.0971. The van der Waals surface area contributed by atoms with Crippen molar-refractivity contribution in [3.8, 4) is 0 Å². The van der Waals surface area contributed by atoms with Gasteiger partial charge in [0.15, 0.2) is 28.4 Å². The highest BCUT2D eigenvalue weighted by molar-refractivity contribution is 6.31. The molecule has 3 rings (SSSR count). The molecule has 0 radical (unpaired) electrons. The molecule has 0 unspecified atom stereocenters. The summed E-state index contributed by atoms with van der Waals surface area (Å²) in [5.41, 5.74) is 11.1. The van der Waals surface area contributed by atoms with Gasteiger partial charge in [-0.3, -0.25) is 15.1 Å². The summed E-state index contributed by atoms with van der Waals surface area (Å²) in [5.74, 6) is -0.144. The van der Waals surface area contributed by atoms with Crippen LogP contribution in [0.25, 0.3) is 0 Å². The van der Waals surface area contributed by atoms with Gasteiger partial charge in [-0.15, -0.1) is 0 Å². The maximum absolute atomic E-state index is 12.2. The minimum absolute atomic E-state index is 0.00139. The molecule has 1 fully saturated rings. The number of halogens is 1. The average Bonchev–Trinajstić information content (AvgIpc) is 3.05. The van der Waals surface area contributed by atoms with Crippen LogP contribution in [0.3, 0.4) is 0 Å². The van der Waals surface area contributed by atoms with Gasteiger partial charge in [-0.1, -0.05) is 24.4 Å². The third kappa shape index (κ3) is 2.58. The third-order valence-corrected chi connectivity index (χ3v) is 4.11. The van der Waals surface area contributed by atoms with Crippen LogP contribution in [0, 0.1) is 0 Å². The molecular weight excluding hydrogens is 294 g/mol. The number of carbonyl (C=O) groups is 1. The Bertz CT molecular complexity index is 624. The van der Waals surface area contributed by atoms with Gasteiger partial charge in [0.05, 0.1) is 12.1 Å². The molecule has 1 aromatic heterocycles. The predicted molar refractivity (Wildman–Crippen MR) is 80.0 cm³/mol. The summed E-state index contributed by atoms with van der Waals surface area (Å²) in [6.07, 6.45) is 4.47. The fourth-order valence-corrected chi connectivity index (χ4v) is 2.87. The van der Waals surface area contributed by atoms with E-state index in [-0.39, 0.29) is 28.0 Å². The molecule has 9 heteroatoms. The first-order valence-corrected chi connectivity index (χ1v) is 7.09. The topological polar surface area (TPSA) is 131 Å². The standard InChI is InChI=1S/C12H16ClN7O/c13-7-9(15)18-8(14)6(17-7)10(21)19-11-16-5-12(20-11)3-1-2-4-12/h1-5H2,(H4,14,15,18)(H2,16,19,20,21). The molecular formula is C12H16ClN7O. The Morgan fingerprint density at radius 2 is 1.95 bits per heavy atom. The highest BCUT2D eigenvalue weighted by Crippen LogP contribution is 2.31. The van der Waals surface area contributed by atoms with Crippen molar-refractivity contribution >= 4 is 35.1 Å². The first kappa shape index (κ1) is 13.9. The maximum Gasteiger partial charge on any atom is 0.280 e. The smallest absolute Gasteiger partial charge is 0.280 e. The molecule has 1 aliphatic carbocycles. The summed E-state index contributed by atoms with van der Waals surface area (Å²) >= 11 is 5.76. The Morgan fingerprint density at radius 3 is 2.67 bits per heavy atom. The van der Waals surface area contributed by atoms with E-state index in [1.165, 1.54) is 12.8 Å². The van der Waals surface area contributed by atoms with Gasteiger partial charge in [0.1, 0.15) is 0 Å². The largest absolute Gasteiger partial charge is 0.382 e. The highest BCUT2D eigenvalue weighted by Gasteiger charge is 2.38. The van der Waals surface area contributed by atoms with Crippen molar-refractivity contribution in [2.75, 3.05) is 18.0 Å². The molecule has 1 amide bonds. The van der Waals surface area contributed by atoms with Crippen LogP contribution in [-0.4, -0.2) is 33.9 Å². The van der Waals surface area contributed by atoms with Crippen molar-refractivity contribution in [1.82, 2.24) is 20.6 Å². The summed E-state index contributed by atoms with van der Waals surface area (Å²) in [6, 6.07) is 0. The van der Waals surface area contributed by atoms with E-state index in [1.54, 1.807) is 0 Å². The number of amides is 1. The van der Waals surface area contributed by atoms with E-state index in [0.29, 0.717) is 12.5 Å². The Labute approximate surface area is 126 Å². The van der Waals surface area contributed by atoms with Gasteiger partial charge < -0.3 is 16.8 Å². The molecule has 1 aromatic rings. The fraction of sp³-hybridized carbons (Fsp3) is 0.500. The number of rotatable bonds is 1. The molecule has 2 heterocycles. The van der Waals surface area contributed by atoms with Crippen molar-refractivity contribution < 1.29 is 4.79 Å². The van der Waals surface area contributed by atoms with E-state index in [1.807, 2.05) is 0 Å². The van der Waals surface area contributed by atoms with Crippen LogP contribution in [0.5, 0.6) is 0 Å². The molecule has 0 bridgehead atoms. The minimum Gasteiger partial charge on any atom is -0.382 e. The third-order valence-electron chi connectivity index (χ3n) is 3.84. The summed E-state index contributed by atoms with van der Waals surface area (Å²) in [4.78, 5) is 24.1. The van der Waals surface area contributed by atoms with Gasteiger partial charge in [-0.2, -0.15) is 0 Å². The Hall–Kier alpha value is -2.09. The second-order valence-corrected chi connectivity index (χ2v) is 5.72. The SMILES string of the molecule is Nc1nc(N)c(C(=O)NC2=NCC3(CCCC3)N2)nc1Cl. The Kier molecular flexibility index (Phi) is 3.32. The van der Waals surface area contributed by atoms with Gasteiger partial charge in [0, 0.05) is 0 Å². The molecule has 0 atom stereocenters. The quantitative estimate of drug-likeness (QED) is 0.590. The molecule has 112 valence electrons. The summed E-state index contributed by atoms with van der Waals surface area (Å²) in [7, 11) is 0. The first-order chi connectivity index (χ1) is 9.99. The maximum atomic E-state index is 12.2. The highest BCUT2D eigenvalue weighted by atomic mass is 35.5. The van der Waals surface area contributed by atoms with Gasteiger partial charge in [0.2, 0.25) is 0 Å². The van der Waals surface area contributed by atoms with Crippen molar-refractivity contribution in [1.29, 1.82) is 0 Å². The van der Waals surface area contributed by atoms with Crippen LogP contribution >= 0.6 is 11.6 Å². The Morgan fingerprint density at radius 1 is 1.24 bits per heavy atom. The van der Waals surface area contributed by atoms with Gasteiger partial charge in [-0.05, 0) is 12.8 Å². The second kappa shape index (κ2) is 5.03. The molecule has 1 saturated carbocycles. The molecule has 0 saturated heterocycles. The van der Waals surface area contributed by atoms with Crippen LogP contribution in [0.15, 0.2) is 4.99 Å². The number of aromatic nitrogens is 2. The van der Waals surface area contributed by atoms with Gasteiger partial charge in [0.25, 0.3) is 5.91 Å². The number of hydrogen-bond acceptors (Lipinski definition) is 7. The van der Waals surface area contributed by atoms with Crippen molar-refractivity contribution in [3.63, 3.8) is 0 Å². The summed E-state index contributed by atoms with van der Waals surface area (Å²) in [5, 5.41) is 5.88. The number of nitrogens with zero attached hydrogens (tertiary/aromatic N) is 3. The van der Waals surface area contributed by atoms with Gasteiger partial charge >= 0.3 is 0 Å². The number of nitrogen functional groups attached to an aromatic ring is 2. The number of aliphatic imine (C=N–C) groups is 1. The zero-order chi connectivity index (χ0) is 15.0. The van der Waals surface area contributed by atoms with E-state index in [4.69, 9.17) is 23.1 Å². The van der Waals surface area contributed by atoms with Crippen LogP contribution in [0.1, 0.15) is 36.2 Å². The molecule has 21 heavy (non-hydrogen) atoms.